The molecule has 3 N–H and O–H groups in total. The summed E-state index contributed by atoms with van der Waals surface area (Å²) in [6, 6.07) is 0. The maximum atomic E-state index is 9.78. The highest BCUT2D eigenvalue weighted by atomic mass is 16.5. The van der Waals surface area contributed by atoms with E-state index in [0.29, 0.717) is 6.61 Å². The molecule has 0 aromatic carbocycles. The molecule has 0 amide bonds. The largest absolute Gasteiger partial charge is 0.388 e. The third-order valence-electron chi connectivity index (χ3n) is 3.25. The lowest BCUT2D eigenvalue weighted by Gasteiger charge is -2.20. The smallest absolute Gasteiger partial charge is 0.114 e. The van der Waals surface area contributed by atoms with Gasteiger partial charge in [0.1, 0.15) is 24.4 Å². The summed E-state index contributed by atoms with van der Waals surface area (Å²) < 4.78 is 10.5. The number of unbranched alkanes of at least 4 members (excludes halogenated alkanes) is 3. The molecule has 112 valence electrons. The summed E-state index contributed by atoms with van der Waals surface area (Å²) in [6.45, 7) is 2.80. The van der Waals surface area contributed by atoms with E-state index in [-0.39, 0.29) is 13.2 Å². The Kier molecular flexibility index (Phi) is 8.25. The van der Waals surface area contributed by atoms with E-state index in [1.807, 2.05) is 13.0 Å². The van der Waals surface area contributed by atoms with Crippen LogP contribution in [0.3, 0.4) is 0 Å². The summed E-state index contributed by atoms with van der Waals surface area (Å²) in [5.41, 5.74) is 0. The van der Waals surface area contributed by atoms with Crippen LogP contribution in [-0.2, 0) is 9.47 Å². The second-order valence-electron chi connectivity index (χ2n) is 4.92. The van der Waals surface area contributed by atoms with Crippen molar-refractivity contribution >= 4 is 0 Å². The monoisotopic (exact) mass is 274 g/mol. The molecule has 0 radical (unpaired) electrons. The first-order chi connectivity index (χ1) is 9.16. The summed E-state index contributed by atoms with van der Waals surface area (Å²) in [4.78, 5) is 0. The lowest BCUT2D eigenvalue weighted by molar-refractivity contribution is -0.0813. The highest BCUT2D eigenvalue weighted by molar-refractivity contribution is 4.87. The third kappa shape index (κ3) is 6.01. The van der Waals surface area contributed by atoms with E-state index in [2.05, 4.69) is 6.08 Å². The Morgan fingerprint density at radius 3 is 2.74 bits per heavy atom. The van der Waals surface area contributed by atoms with Gasteiger partial charge in [0.2, 0.25) is 0 Å². The quantitative estimate of drug-likeness (QED) is 0.424. The van der Waals surface area contributed by atoms with Gasteiger partial charge in [0.05, 0.1) is 13.2 Å². The van der Waals surface area contributed by atoms with Crippen molar-refractivity contribution in [2.45, 2.75) is 57.0 Å². The standard InChI is InChI=1S/C14H26O5/c1-2-3-4-5-6-7-8-18-9-12(16)14-13(17)11(15)10-19-14/h2-3,11-17H,4-10H2,1H3/b3-2+/t11-,12+,13-,14-/m1/s1. The van der Waals surface area contributed by atoms with E-state index >= 15 is 0 Å². The molecular weight excluding hydrogens is 248 g/mol. The van der Waals surface area contributed by atoms with Crippen molar-refractivity contribution in [1.29, 1.82) is 0 Å². The molecule has 1 aliphatic rings. The number of rotatable bonds is 9. The SMILES string of the molecule is C/C=C/CCCCCOC[C@H](O)[C@H]1OC[C@@H](O)[C@H]1O. The third-order valence-corrected chi connectivity index (χ3v) is 3.25. The van der Waals surface area contributed by atoms with Crippen LogP contribution < -0.4 is 0 Å². The number of aliphatic hydroxyl groups is 3. The topological polar surface area (TPSA) is 79.2 Å². The lowest BCUT2D eigenvalue weighted by Crippen LogP contribution is -2.40. The van der Waals surface area contributed by atoms with E-state index in [1.54, 1.807) is 0 Å². The van der Waals surface area contributed by atoms with Crippen molar-refractivity contribution in [3.8, 4) is 0 Å². The highest BCUT2D eigenvalue weighted by Crippen LogP contribution is 2.17. The zero-order valence-corrected chi connectivity index (χ0v) is 11.6. The number of hydrogen-bond donors (Lipinski definition) is 3. The summed E-state index contributed by atoms with van der Waals surface area (Å²) in [5.74, 6) is 0. The van der Waals surface area contributed by atoms with Crippen LogP contribution in [0.2, 0.25) is 0 Å². The van der Waals surface area contributed by atoms with Crippen LogP contribution in [0.15, 0.2) is 12.2 Å². The average molecular weight is 274 g/mol. The second-order valence-corrected chi connectivity index (χ2v) is 4.92. The molecule has 0 aliphatic carbocycles. The number of aliphatic hydroxyl groups excluding tert-OH is 3. The first-order valence-corrected chi connectivity index (χ1v) is 7.01. The van der Waals surface area contributed by atoms with E-state index in [1.165, 1.54) is 0 Å². The number of ether oxygens (including phenoxy) is 2. The highest BCUT2D eigenvalue weighted by Gasteiger charge is 2.39. The predicted molar refractivity (Wildman–Crippen MR) is 71.9 cm³/mol. The first-order valence-electron chi connectivity index (χ1n) is 7.01. The van der Waals surface area contributed by atoms with Crippen LogP contribution in [0.4, 0.5) is 0 Å². The molecule has 5 heteroatoms. The first kappa shape index (κ1) is 16.6. The van der Waals surface area contributed by atoms with Crippen LogP contribution in [-0.4, -0.2) is 59.6 Å². The molecule has 0 bridgehead atoms. The fraction of sp³-hybridized carbons (Fsp3) is 0.857. The van der Waals surface area contributed by atoms with Crippen LogP contribution in [0.5, 0.6) is 0 Å². The van der Waals surface area contributed by atoms with Gasteiger partial charge in [0.25, 0.3) is 0 Å². The number of allylic oxidation sites excluding steroid dienone is 2. The maximum Gasteiger partial charge on any atom is 0.114 e. The Hall–Kier alpha value is -0.460. The summed E-state index contributed by atoms with van der Waals surface area (Å²) in [7, 11) is 0. The van der Waals surface area contributed by atoms with Crippen LogP contribution >= 0.6 is 0 Å². The molecule has 1 rings (SSSR count). The van der Waals surface area contributed by atoms with E-state index in [4.69, 9.17) is 9.47 Å². The minimum atomic E-state index is -1.03. The molecule has 0 spiro atoms. The summed E-state index contributed by atoms with van der Waals surface area (Å²) in [5, 5.41) is 28.6. The van der Waals surface area contributed by atoms with Crippen molar-refractivity contribution in [3.05, 3.63) is 12.2 Å². The second kappa shape index (κ2) is 9.44. The molecule has 0 saturated carbocycles. The van der Waals surface area contributed by atoms with Gasteiger partial charge >= 0.3 is 0 Å². The maximum absolute atomic E-state index is 9.78. The molecule has 4 atom stereocenters. The lowest BCUT2D eigenvalue weighted by atomic mass is 10.1. The molecule has 0 unspecified atom stereocenters. The molecule has 1 fully saturated rings. The minimum Gasteiger partial charge on any atom is -0.388 e. The molecule has 1 heterocycles. The van der Waals surface area contributed by atoms with Gasteiger partial charge in [-0.15, -0.1) is 0 Å². The Bertz CT molecular complexity index is 256. The van der Waals surface area contributed by atoms with Gasteiger partial charge < -0.3 is 24.8 Å². The van der Waals surface area contributed by atoms with Crippen molar-refractivity contribution in [2.24, 2.45) is 0 Å². The van der Waals surface area contributed by atoms with E-state index in [9.17, 15) is 15.3 Å². The fourth-order valence-electron chi connectivity index (χ4n) is 2.07. The van der Waals surface area contributed by atoms with Crippen molar-refractivity contribution < 1.29 is 24.8 Å². The van der Waals surface area contributed by atoms with Gasteiger partial charge in [-0.3, -0.25) is 0 Å². The Labute approximate surface area is 114 Å². The molecule has 1 saturated heterocycles. The van der Waals surface area contributed by atoms with Crippen molar-refractivity contribution in [1.82, 2.24) is 0 Å². The summed E-state index contributed by atoms with van der Waals surface area (Å²) in [6.07, 6.45) is 4.92. The Morgan fingerprint density at radius 2 is 2.11 bits per heavy atom. The van der Waals surface area contributed by atoms with Crippen molar-refractivity contribution in [2.75, 3.05) is 19.8 Å². The van der Waals surface area contributed by atoms with Crippen LogP contribution in [0, 0.1) is 0 Å². The van der Waals surface area contributed by atoms with Crippen molar-refractivity contribution in [3.63, 3.8) is 0 Å². The Balaban J connectivity index is 2.00. The Morgan fingerprint density at radius 1 is 1.32 bits per heavy atom. The molecule has 5 nitrogen and oxygen atoms in total. The van der Waals surface area contributed by atoms with E-state index < -0.39 is 24.4 Å². The zero-order chi connectivity index (χ0) is 14.1. The molecule has 19 heavy (non-hydrogen) atoms. The van der Waals surface area contributed by atoms with Gasteiger partial charge in [-0.2, -0.15) is 0 Å². The van der Waals surface area contributed by atoms with Crippen LogP contribution in [0.25, 0.3) is 0 Å². The molecule has 0 aromatic heterocycles. The fourth-order valence-corrected chi connectivity index (χ4v) is 2.07. The minimum absolute atomic E-state index is 0.0633. The predicted octanol–water partition coefficient (Wildman–Crippen LogP) is 0.621. The van der Waals surface area contributed by atoms with Crippen LogP contribution in [0.1, 0.15) is 32.6 Å². The molecule has 1 aliphatic heterocycles. The normalized spacial score (nSPS) is 29.2. The summed E-state index contributed by atoms with van der Waals surface area (Å²) >= 11 is 0. The van der Waals surface area contributed by atoms with Gasteiger partial charge in [0, 0.05) is 6.61 Å². The molecule has 0 aromatic rings. The average Bonchev–Trinajstić information content (AvgIpc) is 2.73. The van der Waals surface area contributed by atoms with E-state index in [0.717, 1.165) is 25.7 Å². The van der Waals surface area contributed by atoms with Gasteiger partial charge in [-0.05, 0) is 26.2 Å². The molecular formula is C14H26O5. The number of hydrogen-bond acceptors (Lipinski definition) is 5. The zero-order valence-electron chi connectivity index (χ0n) is 11.6. The van der Waals surface area contributed by atoms with Gasteiger partial charge in [-0.1, -0.05) is 18.6 Å². The van der Waals surface area contributed by atoms with Gasteiger partial charge in [0.15, 0.2) is 0 Å². The van der Waals surface area contributed by atoms with Gasteiger partial charge in [-0.25, -0.2) is 0 Å².